The van der Waals surface area contributed by atoms with Crippen LogP contribution in [-0.2, 0) is 20.1 Å². The molecule has 26 heavy (non-hydrogen) atoms. The second kappa shape index (κ2) is 7.63. The van der Waals surface area contributed by atoms with E-state index in [1.165, 1.54) is 0 Å². The van der Waals surface area contributed by atoms with E-state index in [-0.39, 0.29) is 5.91 Å². The Morgan fingerprint density at radius 3 is 2.73 bits per heavy atom. The van der Waals surface area contributed by atoms with Crippen LogP contribution in [0.5, 0.6) is 0 Å². The third kappa shape index (κ3) is 3.83. The topological polar surface area (TPSA) is 64.7 Å². The molecule has 0 bridgehead atoms. The number of hydrogen-bond acceptors (Lipinski definition) is 3. The second-order valence-electron chi connectivity index (χ2n) is 6.09. The van der Waals surface area contributed by atoms with Gasteiger partial charge in [-0.3, -0.25) is 14.2 Å². The molecule has 1 amide bonds. The zero-order valence-electron chi connectivity index (χ0n) is 14.8. The van der Waals surface area contributed by atoms with Crippen LogP contribution in [0.4, 0.5) is 0 Å². The number of carbonyl (C=O) groups excluding carboxylic acids is 1. The number of amides is 1. The van der Waals surface area contributed by atoms with Crippen LogP contribution in [0.1, 0.15) is 33.0 Å². The Hall–Kier alpha value is -2.12. The highest BCUT2D eigenvalue weighted by Crippen LogP contribution is 2.21. The maximum Gasteiger partial charge on any atom is 0.251 e. The van der Waals surface area contributed by atoms with Crippen LogP contribution in [0.3, 0.4) is 0 Å². The molecule has 2 heterocycles. The van der Waals surface area contributed by atoms with Crippen LogP contribution in [0.2, 0.25) is 5.02 Å². The number of nitrogens with one attached hydrogen (secondary N) is 1. The van der Waals surface area contributed by atoms with Gasteiger partial charge in [-0.05, 0) is 47.5 Å². The number of halogens is 2. The highest BCUT2D eigenvalue weighted by atomic mass is 79.9. The van der Waals surface area contributed by atoms with Crippen molar-refractivity contribution in [3.05, 3.63) is 68.2 Å². The third-order valence-electron chi connectivity index (χ3n) is 4.24. The Labute approximate surface area is 165 Å². The highest BCUT2D eigenvalue weighted by Gasteiger charge is 2.12. The van der Waals surface area contributed by atoms with Crippen LogP contribution >= 0.6 is 27.5 Å². The van der Waals surface area contributed by atoms with Crippen LogP contribution in [-0.4, -0.2) is 25.5 Å². The molecule has 0 saturated heterocycles. The molecular weight excluding hydrogens is 418 g/mol. The van der Waals surface area contributed by atoms with Gasteiger partial charge in [0.05, 0.1) is 45.9 Å². The Bertz CT molecular complexity index is 943. The van der Waals surface area contributed by atoms with Crippen LogP contribution in [0.25, 0.3) is 0 Å². The number of carbonyl (C=O) groups is 1. The van der Waals surface area contributed by atoms with Crippen molar-refractivity contribution in [1.82, 2.24) is 24.9 Å². The minimum Gasteiger partial charge on any atom is -0.346 e. The molecule has 136 valence electrons. The molecule has 3 rings (SSSR count). The number of hydrogen-bond donors (Lipinski definition) is 1. The average Bonchev–Trinajstić information content (AvgIpc) is 3.07. The second-order valence-corrected chi connectivity index (χ2v) is 7.29. The number of benzene rings is 1. The molecule has 0 aliphatic heterocycles. The van der Waals surface area contributed by atoms with E-state index >= 15 is 0 Å². The van der Waals surface area contributed by atoms with Crippen molar-refractivity contribution in [3.63, 3.8) is 0 Å². The SMILES string of the molecule is Cc1nn(Cc2cccc(C(=O)NCc3c(Cl)cnn3C)c2)c(C)c1Br. The lowest BCUT2D eigenvalue weighted by Crippen LogP contribution is -2.24. The van der Waals surface area contributed by atoms with Gasteiger partial charge in [-0.25, -0.2) is 0 Å². The molecule has 1 aromatic carbocycles. The quantitative estimate of drug-likeness (QED) is 0.664. The highest BCUT2D eigenvalue weighted by molar-refractivity contribution is 9.10. The van der Waals surface area contributed by atoms with Gasteiger partial charge < -0.3 is 5.32 Å². The lowest BCUT2D eigenvalue weighted by molar-refractivity contribution is 0.0950. The van der Waals surface area contributed by atoms with Crippen LogP contribution in [0, 0.1) is 13.8 Å². The van der Waals surface area contributed by atoms with Crippen molar-refractivity contribution in [1.29, 1.82) is 0 Å². The average molecular weight is 437 g/mol. The molecule has 0 saturated carbocycles. The molecule has 0 aliphatic rings. The lowest BCUT2D eigenvalue weighted by Gasteiger charge is -2.09. The van der Waals surface area contributed by atoms with E-state index in [4.69, 9.17) is 11.6 Å². The molecule has 0 radical (unpaired) electrons. The van der Waals surface area contributed by atoms with Crippen molar-refractivity contribution in [2.75, 3.05) is 0 Å². The first kappa shape index (κ1) is 18.7. The van der Waals surface area contributed by atoms with Crippen LogP contribution in [0.15, 0.2) is 34.9 Å². The van der Waals surface area contributed by atoms with Gasteiger partial charge in [0.25, 0.3) is 5.91 Å². The van der Waals surface area contributed by atoms with E-state index < -0.39 is 0 Å². The zero-order chi connectivity index (χ0) is 18.8. The molecule has 8 heteroatoms. The fourth-order valence-electron chi connectivity index (χ4n) is 2.71. The third-order valence-corrected chi connectivity index (χ3v) is 5.71. The number of rotatable bonds is 5. The first-order valence-corrected chi connectivity index (χ1v) is 9.27. The summed E-state index contributed by atoms with van der Waals surface area (Å²) < 4.78 is 4.59. The number of nitrogens with zero attached hydrogens (tertiary/aromatic N) is 4. The molecule has 0 fully saturated rings. The predicted octanol–water partition coefficient (Wildman–Crippen LogP) is 3.63. The summed E-state index contributed by atoms with van der Waals surface area (Å²) >= 11 is 9.61. The molecule has 3 aromatic rings. The fraction of sp³-hybridized carbons (Fsp3) is 0.278. The van der Waals surface area contributed by atoms with Gasteiger partial charge in [0, 0.05) is 12.6 Å². The standard InChI is InChI=1S/C18H19BrClN5O/c1-11-17(19)12(2)25(23-11)10-13-5-4-6-14(7-13)18(26)21-9-16-15(20)8-22-24(16)3/h4-8H,9-10H2,1-3H3,(H,21,26). The summed E-state index contributed by atoms with van der Waals surface area (Å²) in [6, 6.07) is 7.53. The first-order chi connectivity index (χ1) is 12.4. The molecule has 0 spiro atoms. The minimum atomic E-state index is -0.154. The minimum absolute atomic E-state index is 0.154. The zero-order valence-corrected chi connectivity index (χ0v) is 17.1. The Kier molecular flexibility index (Phi) is 5.48. The molecular formula is C18H19BrClN5O. The molecule has 2 aromatic heterocycles. The Morgan fingerprint density at radius 2 is 2.12 bits per heavy atom. The monoisotopic (exact) mass is 435 g/mol. The first-order valence-electron chi connectivity index (χ1n) is 8.10. The Morgan fingerprint density at radius 1 is 1.35 bits per heavy atom. The van der Waals surface area contributed by atoms with Gasteiger partial charge >= 0.3 is 0 Å². The molecule has 6 nitrogen and oxygen atoms in total. The maximum absolute atomic E-state index is 12.5. The van der Waals surface area contributed by atoms with Gasteiger partial charge in [-0.1, -0.05) is 23.7 Å². The van der Waals surface area contributed by atoms with Crippen molar-refractivity contribution in [2.24, 2.45) is 7.05 Å². The molecule has 0 unspecified atom stereocenters. The van der Waals surface area contributed by atoms with Gasteiger partial charge in [0.2, 0.25) is 0 Å². The van der Waals surface area contributed by atoms with Crippen LogP contribution < -0.4 is 5.32 Å². The summed E-state index contributed by atoms with van der Waals surface area (Å²) in [7, 11) is 1.79. The maximum atomic E-state index is 12.5. The number of aromatic nitrogens is 4. The van der Waals surface area contributed by atoms with Crippen molar-refractivity contribution in [3.8, 4) is 0 Å². The van der Waals surface area contributed by atoms with E-state index in [9.17, 15) is 4.79 Å². The summed E-state index contributed by atoms with van der Waals surface area (Å²) in [6.45, 7) is 4.90. The van der Waals surface area contributed by atoms with Crippen molar-refractivity contribution in [2.45, 2.75) is 26.9 Å². The molecule has 0 atom stereocenters. The van der Waals surface area contributed by atoms with Crippen molar-refractivity contribution < 1.29 is 4.79 Å². The van der Waals surface area contributed by atoms with E-state index in [2.05, 4.69) is 31.4 Å². The smallest absolute Gasteiger partial charge is 0.251 e. The number of aryl methyl sites for hydroxylation is 2. The summed E-state index contributed by atoms with van der Waals surface area (Å²) in [4.78, 5) is 12.5. The fourth-order valence-corrected chi connectivity index (χ4v) is 3.23. The van der Waals surface area contributed by atoms with Gasteiger partial charge in [-0.15, -0.1) is 0 Å². The summed E-state index contributed by atoms with van der Waals surface area (Å²) in [5.74, 6) is -0.154. The van der Waals surface area contributed by atoms with E-state index in [1.807, 2.05) is 36.7 Å². The van der Waals surface area contributed by atoms with Crippen molar-refractivity contribution >= 4 is 33.4 Å². The largest absolute Gasteiger partial charge is 0.346 e. The normalized spacial score (nSPS) is 11.0. The lowest BCUT2D eigenvalue weighted by atomic mass is 10.1. The van der Waals surface area contributed by atoms with Gasteiger partial charge in [-0.2, -0.15) is 10.2 Å². The molecule has 0 aliphatic carbocycles. The van der Waals surface area contributed by atoms with E-state index in [0.29, 0.717) is 23.7 Å². The van der Waals surface area contributed by atoms with Gasteiger partial charge in [0.15, 0.2) is 0 Å². The van der Waals surface area contributed by atoms with E-state index in [1.54, 1.807) is 24.0 Å². The summed E-state index contributed by atoms with van der Waals surface area (Å²) in [5, 5.41) is 12.0. The predicted molar refractivity (Wildman–Crippen MR) is 104 cm³/mol. The molecule has 1 N–H and O–H groups in total. The van der Waals surface area contributed by atoms with E-state index in [0.717, 1.165) is 27.1 Å². The Balaban J connectivity index is 1.72. The summed E-state index contributed by atoms with van der Waals surface area (Å²) in [5.41, 5.74) is 4.38. The van der Waals surface area contributed by atoms with Gasteiger partial charge in [0.1, 0.15) is 0 Å². The summed E-state index contributed by atoms with van der Waals surface area (Å²) in [6.07, 6.45) is 1.57.